The molecule has 1 amide bonds. The normalized spacial score (nSPS) is 13.8. The number of thiazole rings is 1. The molecule has 1 saturated carbocycles. The van der Waals surface area contributed by atoms with E-state index in [1.165, 1.54) is 11.3 Å². The van der Waals surface area contributed by atoms with Crippen LogP contribution in [0.1, 0.15) is 28.8 Å². The van der Waals surface area contributed by atoms with Crippen LogP contribution in [-0.2, 0) is 11.2 Å². The number of carbonyl (C=O) groups is 1. The number of rotatable bonds is 4. The molecule has 1 fully saturated rings. The van der Waals surface area contributed by atoms with Crippen molar-refractivity contribution >= 4 is 22.4 Å². The maximum atomic E-state index is 11.6. The van der Waals surface area contributed by atoms with Gasteiger partial charge >= 0.3 is 0 Å². The van der Waals surface area contributed by atoms with Crippen molar-refractivity contribution in [1.82, 2.24) is 4.98 Å². The van der Waals surface area contributed by atoms with Gasteiger partial charge < -0.3 is 5.32 Å². The molecular formula is C15H13N3OS. The zero-order valence-corrected chi connectivity index (χ0v) is 11.6. The standard InChI is InChI=1S/C15H13N3OS/c16-8-11-3-1-2-10(6-11)7-13-9-17-15(20-13)18-14(19)12-4-5-12/h1-3,6,9,12H,4-5,7H2,(H,17,18,19). The lowest BCUT2D eigenvalue weighted by atomic mass is 10.1. The molecule has 0 radical (unpaired) electrons. The number of nitrogens with zero attached hydrogens (tertiary/aromatic N) is 2. The second-order valence-corrected chi connectivity index (χ2v) is 6.00. The van der Waals surface area contributed by atoms with Crippen molar-refractivity contribution < 1.29 is 4.79 Å². The molecule has 1 aliphatic carbocycles. The summed E-state index contributed by atoms with van der Waals surface area (Å²) >= 11 is 1.49. The summed E-state index contributed by atoms with van der Waals surface area (Å²) in [5.41, 5.74) is 1.74. The largest absolute Gasteiger partial charge is 0.302 e. The Balaban J connectivity index is 1.67. The van der Waals surface area contributed by atoms with Gasteiger partial charge in [0, 0.05) is 23.4 Å². The molecule has 1 aliphatic rings. The van der Waals surface area contributed by atoms with E-state index in [0.717, 1.165) is 29.7 Å². The minimum atomic E-state index is 0.0809. The van der Waals surface area contributed by atoms with Gasteiger partial charge in [-0.15, -0.1) is 11.3 Å². The molecule has 1 N–H and O–H groups in total. The van der Waals surface area contributed by atoms with E-state index in [-0.39, 0.29) is 11.8 Å². The van der Waals surface area contributed by atoms with Crippen LogP contribution in [0.4, 0.5) is 5.13 Å². The second-order valence-electron chi connectivity index (χ2n) is 4.88. The molecule has 5 heteroatoms. The fraction of sp³-hybridized carbons (Fsp3) is 0.267. The van der Waals surface area contributed by atoms with Crippen molar-refractivity contribution in [2.24, 2.45) is 5.92 Å². The molecule has 0 unspecified atom stereocenters. The first-order chi connectivity index (χ1) is 9.74. The predicted molar refractivity (Wildman–Crippen MR) is 77.4 cm³/mol. The van der Waals surface area contributed by atoms with Gasteiger partial charge in [-0.05, 0) is 30.5 Å². The summed E-state index contributed by atoms with van der Waals surface area (Å²) in [7, 11) is 0. The molecule has 1 aromatic carbocycles. The molecule has 2 aromatic rings. The van der Waals surface area contributed by atoms with Crippen LogP contribution in [0.5, 0.6) is 0 Å². The van der Waals surface area contributed by atoms with E-state index in [1.807, 2.05) is 18.2 Å². The number of hydrogen-bond donors (Lipinski definition) is 1. The SMILES string of the molecule is N#Cc1cccc(Cc2cnc(NC(=O)C3CC3)s2)c1. The summed E-state index contributed by atoms with van der Waals surface area (Å²) < 4.78 is 0. The number of nitriles is 1. The molecule has 100 valence electrons. The number of nitrogens with one attached hydrogen (secondary N) is 1. The first kappa shape index (κ1) is 12.8. The van der Waals surface area contributed by atoms with Gasteiger partial charge in [-0.25, -0.2) is 4.98 Å². The Kier molecular flexibility index (Phi) is 3.48. The van der Waals surface area contributed by atoms with Crippen molar-refractivity contribution in [3.63, 3.8) is 0 Å². The van der Waals surface area contributed by atoms with Gasteiger partial charge in [0.15, 0.2) is 5.13 Å². The Morgan fingerprint density at radius 1 is 1.50 bits per heavy atom. The summed E-state index contributed by atoms with van der Waals surface area (Å²) in [6.45, 7) is 0. The maximum Gasteiger partial charge on any atom is 0.229 e. The number of aromatic nitrogens is 1. The number of benzene rings is 1. The second kappa shape index (κ2) is 5.43. The third-order valence-corrected chi connectivity index (χ3v) is 4.08. The van der Waals surface area contributed by atoms with Crippen LogP contribution in [0.15, 0.2) is 30.5 Å². The lowest BCUT2D eigenvalue weighted by molar-refractivity contribution is -0.117. The van der Waals surface area contributed by atoms with Gasteiger partial charge in [-0.1, -0.05) is 12.1 Å². The highest BCUT2D eigenvalue weighted by atomic mass is 32.1. The van der Waals surface area contributed by atoms with Crippen LogP contribution in [0.25, 0.3) is 0 Å². The first-order valence-corrected chi connectivity index (χ1v) is 7.31. The van der Waals surface area contributed by atoms with E-state index < -0.39 is 0 Å². The van der Waals surface area contributed by atoms with Crippen LogP contribution in [0.3, 0.4) is 0 Å². The van der Waals surface area contributed by atoms with Gasteiger partial charge in [0.2, 0.25) is 5.91 Å². The van der Waals surface area contributed by atoms with Crippen molar-refractivity contribution in [2.75, 3.05) is 5.32 Å². The molecule has 20 heavy (non-hydrogen) atoms. The first-order valence-electron chi connectivity index (χ1n) is 6.49. The molecular weight excluding hydrogens is 270 g/mol. The molecule has 0 bridgehead atoms. The minimum absolute atomic E-state index is 0.0809. The van der Waals surface area contributed by atoms with Gasteiger partial charge in [0.05, 0.1) is 11.6 Å². The lowest BCUT2D eigenvalue weighted by Crippen LogP contribution is -2.12. The van der Waals surface area contributed by atoms with E-state index in [2.05, 4.69) is 16.4 Å². The maximum absolute atomic E-state index is 11.6. The Labute approximate surface area is 121 Å². The molecule has 1 heterocycles. The summed E-state index contributed by atoms with van der Waals surface area (Å²) in [6, 6.07) is 9.67. The smallest absolute Gasteiger partial charge is 0.229 e. The van der Waals surface area contributed by atoms with Crippen LogP contribution < -0.4 is 5.32 Å². The number of anilines is 1. The van der Waals surface area contributed by atoms with Gasteiger partial charge in [0.1, 0.15) is 0 Å². The molecule has 0 saturated heterocycles. The Morgan fingerprint density at radius 3 is 3.10 bits per heavy atom. The van der Waals surface area contributed by atoms with Crippen LogP contribution >= 0.6 is 11.3 Å². The van der Waals surface area contributed by atoms with E-state index in [1.54, 1.807) is 12.3 Å². The van der Waals surface area contributed by atoms with Crippen LogP contribution in [-0.4, -0.2) is 10.9 Å². The van der Waals surface area contributed by atoms with Crippen LogP contribution in [0.2, 0.25) is 0 Å². The molecule has 1 aromatic heterocycles. The molecule has 3 rings (SSSR count). The Bertz CT molecular complexity index is 682. The van der Waals surface area contributed by atoms with E-state index in [0.29, 0.717) is 10.7 Å². The topological polar surface area (TPSA) is 65.8 Å². The monoisotopic (exact) mass is 283 g/mol. The summed E-state index contributed by atoms with van der Waals surface area (Å²) in [4.78, 5) is 16.9. The highest BCUT2D eigenvalue weighted by Gasteiger charge is 2.30. The minimum Gasteiger partial charge on any atom is -0.302 e. The predicted octanol–water partition coefficient (Wildman–Crippen LogP) is 2.95. The van der Waals surface area contributed by atoms with Gasteiger partial charge in [-0.3, -0.25) is 4.79 Å². The third kappa shape index (κ3) is 3.03. The number of amides is 1. The van der Waals surface area contributed by atoms with Gasteiger partial charge in [-0.2, -0.15) is 5.26 Å². The zero-order chi connectivity index (χ0) is 13.9. The van der Waals surface area contributed by atoms with Gasteiger partial charge in [0.25, 0.3) is 0 Å². The summed E-state index contributed by atoms with van der Waals surface area (Å²) in [6.07, 6.45) is 4.49. The Morgan fingerprint density at radius 2 is 2.35 bits per heavy atom. The fourth-order valence-electron chi connectivity index (χ4n) is 1.95. The van der Waals surface area contributed by atoms with Crippen molar-refractivity contribution in [3.05, 3.63) is 46.5 Å². The van der Waals surface area contributed by atoms with E-state index in [4.69, 9.17) is 5.26 Å². The molecule has 4 nitrogen and oxygen atoms in total. The average Bonchev–Trinajstić information content (AvgIpc) is 3.22. The van der Waals surface area contributed by atoms with E-state index in [9.17, 15) is 4.79 Å². The van der Waals surface area contributed by atoms with Crippen molar-refractivity contribution in [2.45, 2.75) is 19.3 Å². The lowest BCUT2D eigenvalue weighted by Gasteiger charge is -1.99. The van der Waals surface area contributed by atoms with Crippen LogP contribution in [0, 0.1) is 17.2 Å². The third-order valence-electron chi connectivity index (χ3n) is 3.17. The number of carbonyl (C=O) groups excluding carboxylic acids is 1. The molecule has 0 aliphatic heterocycles. The highest BCUT2D eigenvalue weighted by Crippen LogP contribution is 2.31. The molecule has 0 spiro atoms. The zero-order valence-electron chi connectivity index (χ0n) is 10.8. The molecule has 0 atom stereocenters. The van der Waals surface area contributed by atoms with E-state index >= 15 is 0 Å². The Hall–Kier alpha value is -2.19. The quantitative estimate of drug-likeness (QED) is 0.938. The summed E-state index contributed by atoms with van der Waals surface area (Å²) in [5.74, 6) is 0.270. The summed E-state index contributed by atoms with van der Waals surface area (Å²) in [5, 5.41) is 12.4. The van der Waals surface area contributed by atoms with Crippen molar-refractivity contribution in [3.8, 4) is 6.07 Å². The highest BCUT2D eigenvalue weighted by molar-refractivity contribution is 7.15. The fourth-order valence-corrected chi connectivity index (χ4v) is 2.80. The van der Waals surface area contributed by atoms with Crippen molar-refractivity contribution in [1.29, 1.82) is 5.26 Å². The number of hydrogen-bond acceptors (Lipinski definition) is 4. The average molecular weight is 283 g/mol.